The third-order valence-electron chi connectivity index (χ3n) is 2.52. The maximum absolute atomic E-state index is 12.0. The Hall–Kier alpha value is -0.820. The number of nitrogens with one attached hydrogen (secondary N) is 2. The van der Waals surface area contributed by atoms with Crippen molar-refractivity contribution in [1.29, 1.82) is 0 Å². The molecule has 0 aliphatic rings. The summed E-state index contributed by atoms with van der Waals surface area (Å²) in [6, 6.07) is 5.01. The molecule has 0 saturated carbocycles. The van der Waals surface area contributed by atoms with Crippen molar-refractivity contribution in [1.82, 2.24) is 9.71 Å². The van der Waals surface area contributed by atoms with Crippen LogP contribution in [0.2, 0.25) is 4.34 Å². The predicted octanol–water partition coefficient (Wildman–Crippen LogP) is 2.82. The molecule has 0 aromatic carbocycles. The van der Waals surface area contributed by atoms with E-state index in [0.29, 0.717) is 4.34 Å². The molecule has 2 N–H and O–H groups in total. The van der Waals surface area contributed by atoms with Crippen molar-refractivity contribution in [3.8, 4) is 0 Å². The lowest BCUT2D eigenvalue weighted by atomic mass is 10.2. The molecular formula is C11H13ClN2O2S2. The summed E-state index contributed by atoms with van der Waals surface area (Å²) in [6.07, 6.45) is 0. The van der Waals surface area contributed by atoms with Crippen LogP contribution < -0.4 is 4.72 Å². The molecule has 4 nitrogen and oxygen atoms in total. The first-order chi connectivity index (χ1) is 8.38. The molecule has 0 bridgehead atoms. The maximum atomic E-state index is 12.0. The van der Waals surface area contributed by atoms with E-state index in [1.807, 2.05) is 19.9 Å². The van der Waals surface area contributed by atoms with Gasteiger partial charge in [0.05, 0.1) is 4.34 Å². The van der Waals surface area contributed by atoms with E-state index in [1.54, 1.807) is 6.07 Å². The van der Waals surface area contributed by atoms with E-state index in [2.05, 4.69) is 9.71 Å². The van der Waals surface area contributed by atoms with Crippen molar-refractivity contribution in [3.05, 3.63) is 39.5 Å². The molecule has 0 unspecified atom stereocenters. The average molecular weight is 305 g/mol. The number of H-pyrrole nitrogens is 1. The Labute approximate surface area is 115 Å². The fourth-order valence-electron chi connectivity index (χ4n) is 1.65. The molecule has 0 aliphatic heterocycles. The van der Waals surface area contributed by atoms with E-state index in [1.165, 1.54) is 6.07 Å². The minimum absolute atomic E-state index is 0.234. The second kappa shape index (κ2) is 5.05. The Bertz CT molecular complexity index is 658. The van der Waals surface area contributed by atoms with Crippen molar-refractivity contribution in [2.75, 3.05) is 0 Å². The zero-order valence-corrected chi connectivity index (χ0v) is 12.3. The van der Waals surface area contributed by atoms with Crippen LogP contribution in [0.4, 0.5) is 0 Å². The Morgan fingerprint density at radius 1 is 1.39 bits per heavy atom. The van der Waals surface area contributed by atoms with E-state index in [4.69, 9.17) is 11.6 Å². The SMILES string of the molecule is Cc1cc(CNS(=O)(=O)c2ccc(Cl)s2)c(C)[nH]1. The Morgan fingerprint density at radius 2 is 2.11 bits per heavy atom. The van der Waals surface area contributed by atoms with E-state index in [0.717, 1.165) is 28.3 Å². The van der Waals surface area contributed by atoms with Crippen LogP contribution in [0.3, 0.4) is 0 Å². The number of aryl methyl sites for hydroxylation is 2. The van der Waals surface area contributed by atoms with Gasteiger partial charge in [-0.2, -0.15) is 0 Å². The molecule has 0 fully saturated rings. The minimum Gasteiger partial charge on any atom is -0.362 e. The maximum Gasteiger partial charge on any atom is 0.250 e. The van der Waals surface area contributed by atoms with Gasteiger partial charge in [0, 0.05) is 17.9 Å². The smallest absolute Gasteiger partial charge is 0.250 e. The van der Waals surface area contributed by atoms with Gasteiger partial charge in [0.2, 0.25) is 10.0 Å². The number of hydrogen-bond donors (Lipinski definition) is 2. The molecule has 0 spiro atoms. The van der Waals surface area contributed by atoms with Crippen molar-refractivity contribution in [3.63, 3.8) is 0 Å². The predicted molar refractivity (Wildman–Crippen MR) is 73.6 cm³/mol. The molecule has 98 valence electrons. The molecule has 7 heteroatoms. The molecule has 18 heavy (non-hydrogen) atoms. The molecular weight excluding hydrogens is 292 g/mol. The molecule has 2 aromatic rings. The van der Waals surface area contributed by atoms with Crippen molar-refractivity contribution >= 4 is 33.0 Å². The third-order valence-corrected chi connectivity index (χ3v) is 5.65. The first-order valence-corrected chi connectivity index (χ1v) is 7.96. The second-order valence-corrected chi connectivity index (χ2v) is 7.69. The first-order valence-electron chi connectivity index (χ1n) is 5.28. The summed E-state index contributed by atoms with van der Waals surface area (Å²) < 4.78 is 27.2. The Balaban J connectivity index is 2.13. The van der Waals surface area contributed by atoms with Gasteiger partial charge in [0.15, 0.2) is 0 Å². The largest absolute Gasteiger partial charge is 0.362 e. The highest BCUT2D eigenvalue weighted by Crippen LogP contribution is 2.25. The van der Waals surface area contributed by atoms with Crippen molar-refractivity contribution < 1.29 is 8.42 Å². The number of aromatic amines is 1. The van der Waals surface area contributed by atoms with Gasteiger partial charge < -0.3 is 4.98 Å². The first kappa shape index (κ1) is 13.6. The molecule has 2 heterocycles. The van der Waals surface area contributed by atoms with Gasteiger partial charge in [0.25, 0.3) is 0 Å². The van der Waals surface area contributed by atoms with Crippen LogP contribution >= 0.6 is 22.9 Å². The summed E-state index contributed by atoms with van der Waals surface area (Å²) in [5.41, 5.74) is 2.93. The summed E-state index contributed by atoms with van der Waals surface area (Å²) in [7, 11) is -3.47. The van der Waals surface area contributed by atoms with Crippen LogP contribution in [-0.2, 0) is 16.6 Å². The number of sulfonamides is 1. The van der Waals surface area contributed by atoms with Gasteiger partial charge in [-0.15, -0.1) is 11.3 Å². The standard InChI is InChI=1S/C11H13ClN2O2S2/c1-7-5-9(8(2)14-7)6-13-18(15,16)11-4-3-10(12)17-11/h3-5,13-14H,6H2,1-2H3. The summed E-state index contributed by atoms with van der Waals surface area (Å²) >= 11 is 6.78. The molecule has 0 aliphatic carbocycles. The lowest BCUT2D eigenvalue weighted by Gasteiger charge is -2.04. The third kappa shape index (κ3) is 2.95. The summed E-state index contributed by atoms with van der Waals surface area (Å²) in [5, 5.41) is 0. The average Bonchev–Trinajstić information content (AvgIpc) is 2.83. The zero-order valence-electron chi connectivity index (χ0n) is 9.95. The van der Waals surface area contributed by atoms with Crippen LogP contribution in [0, 0.1) is 13.8 Å². The quantitative estimate of drug-likeness (QED) is 0.912. The van der Waals surface area contributed by atoms with Crippen molar-refractivity contribution in [2.45, 2.75) is 24.6 Å². The van der Waals surface area contributed by atoms with Crippen LogP contribution in [0.5, 0.6) is 0 Å². The molecule has 0 radical (unpaired) electrons. The normalized spacial score (nSPS) is 11.9. The highest BCUT2D eigenvalue weighted by Gasteiger charge is 2.16. The second-order valence-electron chi connectivity index (χ2n) is 3.99. The monoisotopic (exact) mass is 304 g/mol. The van der Waals surface area contributed by atoms with Gasteiger partial charge in [-0.25, -0.2) is 13.1 Å². The van der Waals surface area contributed by atoms with Gasteiger partial charge >= 0.3 is 0 Å². The summed E-state index contributed by atoms with van der Waals surface area (Å²) in [6.45, 7) is 4.12. The summed E-state index contributed by atoms with van der Waals surface area (Å²) in [4.78, 5) is 3.13. The van der Waals surface area contributed by atoms with E-state index >= 15 is 0 Å². The number of aromatic nitrogens is 1. The van der Waals surface area contributed by atoms with Crippen LogP contribution in [0.15, 0.2) is 22.4 Å². The molecule has 0 saturated heterocycles. The molecule has 2 aromatic heterocycles. The van der Waals surface area contributed by atoms with Gasteiger partial charge in [-0.1, -0.05) is 11.6 Å². The number of thiophene rings is 1. The zero-order chi connectivity index (χ0) is 13.3. The highest BCUT2D eigenvalue weighted by molar-refractivity contribution is 7.91. The number of hydrogen-bond acceptors (Lipinski definition) is 3. The molecule has 0 amide bonds. The van der Waals surface area contributed by atoms with E-state index in [-0.39, 0.29) is 10.8 Å². The Morgan fingerprint density at radius 3 is 2.61 bits per heavy atom. The number of rotatable bonds is 4. The van der Waals surface area contributed by atoms with Gasteiger partial charge in [0.1, 0.15) is 4.21 Å². The van der Waals surface area contributed by atoms with E-state index < -0.39 is 10.0 Å². The lowest BCUT2D eigenvalue weighted by Crippen LogP contribution is -2.22. The van der Waals surface area contributed by atoms with Gasteiger partial charge in [-0.05, 0) is 37.6 Å². The fraction of sp³-hybridized carbons (Fsp3) is 0.273. The lowest BCUT2D eigenvalue weighted by molar-refractivity contribution is 0.583. The van der Waals surface area contributed by atoms with Crippen molar-refractivity contribution in [2.24, 2.45) is 0 Å². The fourth-order valence-corrected chi connectivity index (χ4v) is 4.19. The number of halogens is 1. The van der Waals surface area contributed by atoms with Crippen LogP contribution in [-0.4, -0.2) is 13.4 Å². The minimum atomic E-state index is -3.47. The molecule has 2 rings (SSSR count). The van der Waals surface area contributed by atoms with E-state index in [9.17, 15) is 8.42 Å². The topological polar surface area (TPSA) is 62.0 Å². The van der Waals surface area contributed by atoms with Crippen LogP contribution in [0.1, 0.15) is 17.0 Å². The van der Waals surface area contributed by atoms with Gasteiger partial charge in [-0.3, -0.25) is 0 Å². The highest BCUT2D eigenvalue weighted by atomic mass is 35.5. The summed E-state index contributed by atoms with van der Waals surface area (Å²) in [5.74, 6) is 0. The Kier molecular flexibility index (Phi) is 3.82. The molecule has 0 atom stereocenters. The van der Waals surface area contributed by atoms with Crippen LogP contribution in [0.25, 0.3) is 0 Å².